The third-order valence-electron chi connectivity index (χ3n) is 3.56. The molecule has 1 aliphatic rings. The second kappa shape index (κ2) is 4.84. The summed E-state index contributed by atoms with van der Waals surface area (Å²) in [6, 6.07) is 2.10. The van der Waals surface area contributed by atoms with E-state index in [2.05, 4.69) is 23.7 Å². The molecule has 2 heterocycles. The Bertz CT molecular complexity index is 452. The fraction of sp³-hybridized carbons (Fsp3) is 0.538. The van der Waals surface area contributed by atoms with Gasteiger partial charge in [-0.15, -0.1) is 0 Å². The summed E-state index contributed by atoms with van der Waals surface area (Å²) in [5.41, 5.74) is 6.19. The monoisotopic (exact) mass is 249 g/mol. The number of nitrogen functional groups attached to an aromatic ring is 1. The van der Waals surface area contributed by atoms with Gasteiger partial charge in [-0.05, 0) is 39.2 Å². The van der Waals surface area contributed by atoms with E-state index in [1.807, 2.05) is 0 Å². The minimum atomic E-state index is -0.977. The Labute approximate surface area is 107 Å². The summed E-state index contributed by atoms with van der Waals surface area (Å²) in [6.07, 6.45) is 4.83. The van der Waals surface area contributed by atoms with Crippen LogP contribution in [0.3, 0.4) is 0 Å². The molecule has 0 aliphatic carbocycles. The first-order valence-corrected chi connectivity index (χ1v) is 6.28. The number of carboxylic acid groups (broad SMARTS) is 1. The van der Waals surface area contributed by atoms with Gasteiger partial charge in [0.15, 0.2) is 0 Å². The van der Waals surface area contributed by atoms with Gasteiger partial charge in [-0.2, -0.15) is 0 Å². The molecule has 1 fully saturated rings. The number of anilines is 2. The molecule has 3 N–H and O–H groups in total. The zero-order valence-electron chi connectivity index (χ0n) is 10.8. The van der Waals surface area contributed by atoms with Gasteiger partial charge >= 0.3 is 5.97 Å². The molecular formula is C13H19N3O2. The van der Waals surface area contributed by atoms with Crippen molar-refractivity contribution >= 4 is 17.5 Å². The Morgan fingerprint density at radius 1 is 1.44 bits per heavy atom. The number of hydrogen-bond donors (Lipinski definition) is 2. The van der Waals surface area contributed by atoms with Crippen molar-refractivity contribution in [1.29, 1.82) is 0 Å². The normalized spacial score (nSPS) is 24.0. The highest BCUT2D eigenvalue weighted by Crippen LogP contribution is 2.30. The Balaban J connectivity index is 2.45. The lowest BCUT2D eigenvalue weighted by Crippen LogP contribution is -2.45. The first-order chi connectivity index (χ1) is 8.50. The fourth-order valence-corrected chi connectivity index (χ4v) is 2.68. The van der Waals surface area contributed by atoms with Gasteiger partial charge in [0.25, 0.3) is 0 Å². The van der Waals surface area contributed by atoms with E-state index in [1.54, 1.807) is 0 Å². The van der Waals surface area contributed by atoms with Gasteiger partial charge in [-0.1, -0.05) is 0 Å². The summed E-state index contributed by atoms with van der Waals surface area (Å²) in [4.78, 5) is 17.7. The molecule has 0 amide bonds. The summed E-state index contributed by atoms with van der Waals surface area (Å²) in [6.45, 7) is 4.22. The number of hydrogen-bond acceptors (Lipinski definition) is 4. The van der Waals surface area contributed by atoms with E-state index in [0.29, 0.717) is 23.6 Å². The number of aromatic nitrogens is 1. The van der Waals surface area contributed by atoms with Crippen LogP contribution >= 0.6 is 0 Å². The number of carbonyl (C=O) groups is 1. The lowest BCUT2D eigenvalue weighted by Gasteiger charge is -2.40. The molecule has 0 aromatic carbocycles. The van der Waals surface area contributed by atoms with E-state index in [1.165, 1.54) is 18.7 Å². The molecule has 1 saturated heterocycles. The van der Waals surface area contributed by atoms with E-state index in [0.717, 1.165) is 12.8 Å². The van der Waals surface area contributed by atoms with E-state index < -0.39 is 5.97 Å². The lowest BCUT2D eigenvalue weighted by molar-refractivity contribution is 0.0697. The maximum Gasteiger partial charge on any atom is 0.339 e. The third kappa shape index (κ3) is 2.25. The van der Waals surface area contributed by atoms with Crippen LogP contribution in [-0.4, -0.2) is 28.1 Å². The highest BCUT2D eigenvalue weighted by atomic mass is 16.4. The van der Waals surface area contributed by atoms with Gasteiger partial charge < -0.3 is 15.7 Å². The second-order valence-corrected chi connectivity index (χ2v) is 4.98. The summed E-state index contributed by atoms with van der Waals surface area (Å²) >= 11 is 0. The number of nitrogens with zero attached hydrogens (tertiary/aromatic N) is 2. The van der Waals surface area contributed by atoms with Crippen molar-refractivity contribution in [2.45, 2.75) is 45.2 Å². The summed E-state index contributed by atoms with van der Waals surface area (Å²) in [7, 11) is 0. The highest BCUT2D eigenvalue weighted by molar-refractivity contribution is 5.94. The van der Waals surface area contributed by atoms with E-state index in [-0.39, 0.29) is 5.56 Å². The van der Waals surface area contributed by atoms with Gasteiger partial charge in [-0.25, -0.2) is 9.78 Å². The largest absolute Gasteiger partial charge is 0.478 e. The van der Waals surface area contributed by atoms with Crippen LogP contribution in [-0.2, 0) is 0 Å². The molecule has 2 atom stereocenters. The molecule has 1 aliphatic heterocycles. The van der Waals surface area contributed by atoms with Crippen LogP contribution in [0.1, 0.15) is 43.5 Å². The molecule has 2 rings (SSSR count). The Hall–Kier alpha value is -1.78. The van der Waals surface area contributed by atoms with Crippen molar-refractivity contribution < 1.29 is 9.90 Å². The number of rotatable bonds is 2. The number of nitrogens with two attached hydrogens (primary N) is 1. The molecule has 1 aromatic rings. The molecule has 0 radical (unpaired) electrons. The van der Waals surface area contributed by atoms with Crippen LogP contribution in [0.5, 0.6) is 0 Å². The molecule has 0 unspecified atom stereocenters. The van der Waals surface area contributed by atoms with E-state index in [4.69, 9.17) is 5.73 Å². The Morgan fingerprint density at radius 3 is 2.61 bits per heavy atom. The third-order valence-corrected chi connectivity index (χ3v) is 3.56. The van der Waals surface area contributed by atoms with Crippen molar-refractivity contribution in [2.24, 2.45) is 0 Å². The van der Waals surface area contributed by atoms with Crippen LogP contribution in [0.15, 0.2) is 12.3 Å². The van der Waals surface area contributed by atoms with Crippen LogP contribution in [0.2, 0.25) is 0 Å². The predicted molar refractivity (Wildman–Crippen MR) is 70.9 cm³/mol. The van der Waals surface area contributed by atoms with Crippen molar-refractivity contribution in [1.82, 2.24) is 4.98 Å². The summed E-state index contributed by atoms with van der Waals surface area (Å²) in [5, 5.41) is 9.27. The smallest absolute Gasteiger partial charge is 0.339 e. The van der Waals surface area contributed by atoms with Crippen molar-refractivity contribution in [3.8, 4) is 0 Å². The minimum absolute atomic E-state index is 0.190. The molecular weight excluding hydrogens is 230 g/mol. The van der Waals surface area contributed by atoms with Crippen LogP contribution < -0.4 is 10.6 Å². The van der Waals surface area contributed by atoms with Gasteiger partial charge in [0.05, 0.1) is 11.9 Å². The average Bonchev–Trinajstić information content (AvgIpc) is 2.30. The quantitative estimate of drug-likeness (QED) is 0.839. The summed E-state index contributed by atoms with van der Waals surface area (Å²) in [5.74, 6) is -0.439. The molecule has 18 heavy (non-hydrogen) atoms. The molecule has 0 spiro atoms. The van der Waals surface area contributed by atoms with Crippen LogP contribution in [0.25, 0.3) is 0 Å². The Kier molecular flexibility index (Phi) is 3.41. The van der Waals surface area contributed by atoms with Crippen molar-refractivity contribution in [2.75, 3.05) is 10.6 Å². The number of pyridine rings is 1. The van der Waals surface area contributed by atoms with Crippen molar-refractivity contribution in [3.63, 3.8) is 0 Å². The van der Waals surface area contributed by atoms with E-state index in [9.17, 15) is 9.90 Å². The molecule has 1 aromatic heterocycles. The van der Waals surface area contributed by atoms with Crippen LogP contribution in [0.4, 0.5) is 11.5 Å². The first kappa shape index (κ1) is 12.7. The highest BCUT2D eigenvalue weighted by Gasteiger charge is 2.29. The molecule has 5 heteroatoms. The number of aromatic carboxylic acids is 1. The van der Waals surface area contributed by atoms with Gasteiger partial charge in [0.1, 0.15) is 11.4 Å². The maximum absolute atomic E-state index is 11.3. The number of carboxylic acids is 1. The predicted octanol–water partition coefficient (Wildman–Crippen LogP) is 2.13. The lowest BCUT2D eigenvalue weighted by atomic mass is 9.97. The standard InChI is InChI=1S/C13H19N3O2/c1-8-4-3-5-9(2)16(8)12-11(13(17)18)6-10(14)7-15-12/h6-9H,3-5,14H2,1-2H3,(H,17,18)/t8-,9+. The van der Waals surface area contributed by atoms with Gasteiger partial charge in [0.2, 0.25) is 0 Å². The van der Waals surface area contributed by atoms with E-state index >= 15 is 0 Å². The average molecular weight is 249 g/mol. The molecule has 98 valence electrons. The first-order valence-electron chi connectivity index (χ1n) is 6.28. The molecule has 5 nitrogen and oxygen atoms in total. The second-order valence-electron chi connectivity index (χ2n) is 4.98. The zero-order chi connectivity index (χ0) is 13.3. The summed E-state index contributed by atoms with van der Waals surface area (Å²) < 4.78 is 0. The SMILES string of the molecule is C[C@@H]1CCC[C@H](C)N1c1ncc(N)cc1C(=O)O. The fourth-order valence-electron chi connectivity index (χ4n) is 2.68. The van der Waals surface area contributed by atoms with Crippen LogP contribution in [0, 0.1) is 0 Å². The minimum Gasteiger partial charge on any atom is -0.478 e. The topological polar surface area (TPSA) is 79.5 Å². The zero-order valence-corrected chi connectivity index (χ0v) is 10.8. The van der Waals surface area contributed by atoms with Gasteiger partial charge in [0, 0.05) is 12.1 Å². The maximum atomic E-state index is 11.3. The molecule has 0 saturated carbocycles. The van der Waals surface area contributed by atoms with Gasteiger partial charge in [-0.3, -0.25) is 0 Å². The Morgan fingerprint density at radius 2 is 2.06 bits per heavy atom. The van der Waals surface area contributed by atoms with Crippen molar-refractivity contribution in [3.05, 3.63) is 17.8 Å². The molecule has 0 bridgehead atoms. The number of piperidine rings is 1.